The predicted octanol–water partition coefficient (Wildman–Crippen LogP) is 4.12. The number of benzene rings is 2. The van der Waals surface area contributed by atoms with Gasteiger partial charge in [-0.2, -0.15) is 8.78 Å². The minimum absolute atomic E-state index is 0.122. The van der Waals surface area contributed by atoms with Crippen molar-refractivity contribution in [2.24, 2.45) is 11.7 Å². The van der Waals surface area contributed by atoms with Gasteiger partial charge in [0.15, 0.2) is 0 Å². The zero-order valence-electron chi connectivity index (χ0n) is 16.6. The number of hydrogen-bond donors (Lipinski definition) is 3. The lowest BCUT2D eigenvalue weighted by atomic mass is 9.98. The molecule has 4 N–H and O–H groups in total. The van der Waals surface area contributed by atoms with Crippen LogP contribution in [0.5, 0.6) is 0 Å². The lowest BCUT2D eigenvalue weighted by Crippen LogP contribution is -2.49. The molecule has 2 unspecified atom stereocenters. The molecule has 0 saturated heterocycles. The molecular weight excluding hydrogens is 392 g/mol. The van der Waals surface area contributed by atoms with Crippen LogP contribution in [0.3, 0.4) is 0 Å². The fourth-order valence-electron chi connectivity index (χ4n) is 3.22. The number of urea groups is 1. The van der Waals surface area contributed by atoms with E-state index in [0.29, 0.717) is 28.7 Å². The van der Waals surface area contributed by atoms with Crippen molar-refractivity contribution in [2.75, 3.05) is 5.32 Å². The second-order valence-electron chi connectivity index (χ2n) is 7.01. The van der Waals surface area contributed by atoms with Gasteiger partial charge in [-0.25, -0.2) is 9.78 Å². The van der Waals surface area contributed by atoms with Crippen molar-refractivity contribution in [2.45, 2.75) is 32.9 Å². The first-order chi connectivity index (χ1) is 14.3. The molecule has 30 heavy (non-hydrogen) atoms. The van der Waals surface area contributed by atoms with Crippen LogP contribution in [0.15, 0.2) is 48.5 Å². The number of nitrogens with zero attached hydrogens (tertiary/aromatic N) is 2. The van der Waals surface area contributed by atoms with E-state index in [1.165, 1.54) is 0 Å². The summed E-state index contributed by atoms with van der Waals surface area (Å²) in [5, 5.41) is 5.17. The Bertz CT molecular complexity index is 1050. The topological polar surface area (TPSA) is 102 Å². The van der Waals surface area contributed by atoms with Crippen molar-refractivity contribution in [3.05, 3.63) is 48.5 Å². The number of carbonyl (C=O) groups excluding carboxylic acids is 2. The number of para-hydroxylation sites is 2. The molecule has 0 aliphatic heterocycles. The lowest BCUT2D eigenvalue weighted by molar-refractivity contribution is -0.119. The van der Waals surface area contributed by atoms with E-state index < -0.39 is 24.5 Å². The minimum Gasteiger partial charge on any atom is -0.352 e. The van der Waals surface area contributed by atoms with E-state index in [1.54, 1.807) is 48.5 Å². The van der Waals surface area contributed by atoms with Crippen LogP contribution in [0.25, 0.3) is 22.4 Å². The van der Waals surface area contributed by atoms with Gasteiger partial charge >= 0.3 is 12.6 Å². The summed E-state index contributed by atoms with van der Waals surface area (Å²) in [6.45, 7) is 0.985. The van der Waals surface area contributed by atoms with Gasteiger partial charge < -0.3 is 16.4 Å². The average molecular weight is 415 g/mol. The van der Waals surface area contributed by atoms with Gasteiger partial charge in [-0.3, -0.25) is 9.36 Å². The highest BCUT2D eigenvalue weighted by molar-refractivity contribution is 5.97. The van der Waals surface area contributed by atoms with Gasteiger partial charge in [-0.15, -0.1) is 0 Å². The molecule has 0 bridgehead atoms. The van der Waals surface area contributed by atoms with E-state index in [4.69, 9.17) is 5.73 Å². The Kier molecular flexibility index (Phi) is 6.29. The molecule has 7 nitrogen and oxygen atoms in total. The first-order valence-electron chi connectivity index (χ1n) is 9.54. The second kappa shape index (κ2) is 8.89. The second-order valence-corrected chi connectivity index (χ2v) is 7.01. The van der Waals surface area contributed by atoms with Crippen molar-refractivity contribution in [1.29, 1.82) is 0 Å². The predicted molar refractivity (Wildman–Crippen MR) is 111 cm³/mol. The molecule has 0 aliphatic carbocycles. The SMILES string of the molecule is CCC(C)C(NC(N)=O)C(=O)Nc1ccc(-c2nc3ccccc3n2C(F)F)cc1. The van der Waals surface area contributed by atoms with E-state index in [0.717, 1.165) is 4.57 Å². The molecule has 158 valence electrons. The number of nitrogens with one attached hydrogen (secondary N) is 2. The fraction of sp³-hybridized carbons (Fsp3) is 0.286. The number of carbonyl (C=O) groups is 2. The number of alkyl halides is 2. The Morgan fingerprint density at radius 2 is 1.80 bits per heavy atom. The molecule has 0 fully saturated rings. The highest BCUT2D eigenvalue weighted by Crippen LogP contribution is 2.30. The maximum Gasteiger partial charge on any atom is 0.320 e. The third-order valence-electron chi connectivity index (χ3n) is 4.99. The number of amides is 3. The monoisotopic (exact) mass is 415 g/mol. The Balaban J connectivity index is 1.85. The van der Waals surface area contributed by atoms with Crippen LogP contribution in [-0.4, -0.2) is 27.5 Å². The molecule has 0 aliphatic rings. The summed E-state index contributed by atoms with van der Waals surface area (Å²) in [7, 11) is 0. The maximum absolute atomic E-state index is 13.7. The Hall–Kier alpha value is -3.49. The van der Waals surface area contributed by atoms with Crippen LogP contribution in [-0.2, 0) is 4.79 Å². The summed E-state index contributed by atoms with van der Waals surface area (Å²) in [6.07, 6.45) is 0.668. The van der Waals surface area contributed by atoms with Crippen molar-refractivity contribution >= 4 is 28.7 Å². The van der Waals surface area contributed by atoms with Crippen LogP contribution in [0.1, 0.15) is 26.8 Å². The molecule has 2 atom stereocenters. The fourth-order valence-corrected chi connectivity index (χ4v) is 3.22. The summed E-state index contributed by atoms with van der Waals surface area (Å²) in [4.78, 5) is 28.1. The first kappa shape index (κ1) is 21.2. The van der Waals surface area contributed by atoms with E-state index in [1.807, 2.05) is 13.8 Å². The number of anilines is 1. The summed E-state index contributed by atoms with van der Waals surface area (Å²) in [5.41, 5.74) is 6.93. The van der Waals surface area contributed by atoms with Crippen LogP contribution in [0, 0.1) is 5.92 Å². The number of hydrogen-bond acceptors (Lipinski definition) is 3. The van der Waals surface area contributed by atoms with Gasteiger partial charge in [-0.1, -0.05) is 32.4 Å². The number of rotatable bonds is 7. The third kappa shape index (κ3) is 4.40. The normalized spacial score (nSPS) is 13.2. The van der Waals surface area contributed by atoms with Crippen LogP contribution < -0.4 is 16.4 Å². The molecule has 9 heteroatoms. The van der Waals surface area contributed by atoms with Crippen molar-refractivity contribution in [3.63, 3.8) is 0 Å². The van der Waals surface area contributed by atoms with Crippen LogP contribution in [0.2, 0.25) is 0 Å². The van der Waals surface area contributed by atoms with Gasteiger partial charge in [0, 0.05) is 11.3 Å². The quantitative estimate of drug-likeness (QED) is 0.541. The number of nitrogens with two attached hydrogens (primary N) is 1. The smallest absolute Gasteiger partial charge is 0.320 e. The third-order valence-corrected chi connectivity index (χ3v) is 4.99. The van der Waals surface area contributed by atoms with Gasteiger partial charge in [0.25, 0.3) is 0 Å². The van der Waals surface area contributed by atoms with E-state index in [-0.39, 0.29) is 11.7 Å². The standard InChI is InChI=1S/C21H23F2N5O2/c1-3-12(2)17(27-21(24)30)19(29)25-14-10-8-13(9-11-14)18-26-15-6-4-5-7-16(15)28(18)20(22)23/h4-12,17,20H,3H2,1-2H3,(H,25,29)(H3,24,27,30). The van der Waals surface area contributed by atoms with Crippen molar-refractivity contribution in [3.8, 4) is 11.4 Å². The lowest BCUT2D eigenvalue weighted by Gasteiger charge is -2.22. The maximum atomic E-state index is 13.7. The molecule has 3 aromatic rings. The largest absolute Gasteiger partial charge is 0.352 e. The summed E-state index contributed by atoms with van der Waals surface area (Å²) in [5.74, 6) is -0.393. The average Bonchev–Trinajstić information content (AvgIpc) is 3.11. The molecule has 0 spiro atoms. The zero-order chi connectivity index (χ0) is 21.8. The molecule has 3 rings (SSSR count). The zero-order valence-corrected chi connectivity index (χ0v) is 16.6. The van der Waals surface area contributed by atoms with Gasteiger partial charge in [0.2, 0.25) is 5.91 Å². The number of imidazole rings is 1. The number of primary amides is 1. The summed E-state index contributed by atoms with van der Waals surface area (Å²) >= 11 is 0. The summed E-state index contributed by atoms with van der Waals surface area (Å²) < 4.78 is 28.2. The minimum atomic E-state index is -2.75. The Morgan fingerprint density at radius 3 is 2.40 bits per heavy atom. The van der Waals surface area contributed by atoms with Crippen molar-refractivity contribution < 1.29 is 18.4 Å². The van der Waals surface area contributed by atoms with Gasteiger partial charge in [-0.05, 0) is 42.3 Å². The number of fused-ring (bicyclic) bond motifs is 1. The first-order valence-corrected chi connectivity index (χ1v) is 9.54. The van der Waals surface area contributed by atoms with Gasteiger partial charge in [0.05, 0.1) is 11.0 Å². The molecular formula is C21H23F2N5O2. The van der Waals surface area contributed by atoms with Crippen LogP contribution in [0.4, 0.5) is 19.3 Å². The van der Waals surface area contributed by atoms with E-state index >= 15 is 0 Å². The number of halogens is 2. The molecule has 0 saturated carbocycles. The molecule has 3 amide bonds. The van der Waals surface area contributed by atoms with E-state index in [9.17, 15) is 18.4 Å². The number of aromatic nitrogens is 2. The Labute approximate surface area is 172 Å². The molecule has 1 aromatic heterocycles. The van der Waals surface area contributed by atoms with E-state index in [2.05, 4.69) is 15.6 Å². The highest BCUT2D eigenvalue weighted by Gasteiger charge is 2.25. The molecule has 2 aromatic carbocycles. The Morgan fingerprint density at radius 1 is 1.13 bits per heavy atom. The van der Waals surface area contributed by atoms with Crippen molar-refractivity contribution in [1.82, 2.24) is 14.9 Å². The van der Waals surface area contributed by atoms with Crippen LogP contribution >= 0.6 is 0 Å². The van der Waals surface area contributed by atoms with Gasteiger partial charge in [0.1, 0.15) is 11.9 Å². The highest BCUT2D eigenvalue weighted by atomic mass is 19.3. The molecule has 1 heterocycles. The molecule has 0 radical (unpaired) electrons. The summed E-state index contributed by atoms with van der Waals surface area (Å²) in [6, 6.07) is 11.5.